The van der Waals surface area contributed by atoms with Gasteiger partial charge in [-0.05, 0) is 12.1 Å². The Bertz CT molecular complexity index is 533. The number of amides is 1. The molecular formula is C11H12FN3O5. The van der Waals surface area contributed by atoms with Gasteiger partial charge in [-0.3, -0.25) is 24.6 Å². The molecule has 0 saturated heterocycles. The van der Waals surface area contributed by atoms with E-state index in [0.29, 0.717) is 0 Å². The largest absolute Gasteiger partial charge is 0.480 e. The van der Waals surface area contributed by atoms with E-state index in [0.717, 1.165) is 23.1 Å². The van der Waals surface area contributed by atoms with Gasteiger partial charge in [0.25, 0.3) is 5.69 Å². The molecule has 0 saturated carbocycles. The van der Waals surface area contributed by atoms with Crippen LogP contribution in [0.15, 0.2) is 18.2 Å². The van der Waals surface area contributed by atoms with E-state index in [1.807, 2.05) is 0 Å². The lowest BCUT2D eigenvalue weighted by Crippen LogP contribution is -2.37. The van der Waals surface area contributed by atoms with Crippen LogP contribution >= 0.6 is 0 Å². The number of primary amides is 1. The van der Waals surface area contributed by atoms with E-state index in [1.54, 1.807) is 0 Å². The maximum absolute atomic E-state index is 13.1. The van der Waals surface area contributed by atoms with Crippen LogP contribution in [0, 0.1) is 15.9 Å². The predicted octanol–water partition coefficient (Wildman–Crippen LogP) is 0.106. The molecule has 0 bridgehead atoms. The number of aliphatic carboxylic acids is 1. The summed E-state index contributed by atoms with van der Waals surface area (Å²) in [5, 5.41) is 19.5. The average molecular weight is 285 g/mol. The minimum atomic E-state index is -1.23. The SMILES string of the molecule is NC(=O)CN(CC(=O)O)Cc1cc(F)ccc1[N+](=O)[O-]. The van der Waals surface area contributed by atoms with Gasteiger partial charge in [0, 0.05) is 18.2 Å². The Balaban J connectivity index is 3.02. The van der Waals surface area contributed by atoms with Crippen LogP contribution in [0.4, 0.5) is 10.1 Å². The highest BCUT2D eigenvalue weighted by atomic mass is 19.1. The maximum Gasteiger partial charge on any atom is 0.317 e. The molecule has 20 heavy (non-hydrogen) atoms. The molecular weight excluding hydrogens is 273 g/mol. The molecule has 1 aromatic carbocycles. The number of benzene rings is 1. The van der Waals surface area contributed by atoms with E-state index in [4.69, 9.17) is 10.8 Å². The number of carbonyl (C=O) groups is 2. The molecule has 0 aromatic heterocycles. The van der Waals surface area contributed by atoms with E-state index in [2.05, 4.69) is 0 Å². The van der Waals surface area contributed by atoms with Gasteiger partial charge in [0.1, 0.15) is 5.82 Å². The van der Waals surface area contributed by atoms with Crippen molar-refractivity contribution in [3.05, 3.63) is 39.7 Å². The van der Waals surface area contributed by atoms with Gasteiger partial charge in [-0.1, -0.05) is 0 Å². The van der Waals surface area contributed by atoms with Crippen molar-refractivity contribution in [2.24, 2.45) is 5.73 Å². The summed E-state index contributed by atoms with van der Waals surface area (Å²) in [6.45, 7) is -1.22. The van der Waals surface area contributed by atoms with Crippen LogP contribution in [-0.4, -0.2) is 39.9 Å². The van der Waals surface area contributed by atoms with Gasteiger partial charge in [0.2, 0.25) is 5.91 Å². The van der Waals surface area contributed by atoms with E-state index >= 15 is 0 Å². The Labute approximate surface area is 112 Å². The monoisotopic (exact) mass is 285 g/mol. The standard InChI is InChI=1S/C11H12FN3O5/c12-8-1-2-9(15(19)20)7(3-8)4-14(5-10(13)16)6-11(17)18/h1-3H,4-6H2,(H2,13,16)(H,17,18). The lowest BCUT2D eigenvalue weighted by molar-refractivity contribution is -0.385. The van der Waals surface area contributed by atoms with Crippen molar-refractivity contribution in [2.75, 3.05) is 13.1 Å². The molecule has 0 atom stereocenters. The zero-order valence-electron chi connectivity index (χ0n) is 10.3. The lowest BCUT2D eigenvalue weighted by atomic mass is 10.1. The van der Waals surface area contributed by atoms with Crippen LogP contribution < -0.4 is 5.73 Å². The topological polar surface area (TPSA) is 127 Å². The van der Waals surface area contributed by atoms with Gasteiger partial charge in [0.05, 0.1) is 18.0 Å². The Morgan fingerprint density at radius 1 is 1.40 bits per heavy atom. The smallest absolute Gasteiger partial charge is 0.317 e. The first kappa shape index (κ1) is 15.5. The molecule has 0 aliphatic rings. The molecule has 108 valence electrons. The van der Waals surface area contributed by atoms with E-state index in [-0.39, 0.29) is 17.8 Å². The first-order chi connectivity index (χ1) is 9.29. The number of hydrogen-bond donors (Lipinski definition) is 2. The third kappa shape index (κ3) is 4.61. The normalized spacial score (nSPS) is 10.5. The Kier molecular flexibility index (Phi) is 5.09. The molecule has 0 unspecified atom stereocenters. The predicted molar refractivity (Wildman–Crippen MR) is 65.2 cm³/mol. The molecule has 0 heterocycles. The van der Waals surface area contributed by atoms with Crippen LogP contribution in [0.1, 0.15) is 5.56 Å². The summed E-state index contributed by atoms with van der Waals surface area (Å²) in [6.07, 6.45) is 0. The maximum atomic E-state index is 13.1. The molecule has 0 aliphatic heterocycles. The van der Waals surface area contributed by atoms with Gasteiger partial charge in [-0.15, -0.1) is 0 Å². The summed E-state index contributed by atoms with van der Waals surface area (Å²) in [6, 6.07) is 2.83. The quantitative estimate of drug-likeness (QED) is 0.540. The fourth-order valence-electron chi connectivity index (χ4n) is 1.68. The minimum Gasteiger partial charge on any atom is -0.480 e. The van der Waals surface area contributed by atoms with Crippen molar-refractivity contribution in [2.45, 2.75) is 6.54 Å². The number of carbonyl (C=O) groups excluding carboxylic acids is 1. The minimum absolute atomic E-state index is 0.0301. The van der Waals surface area contributed by atoms with Crippen molar-refractivity contribution in [1.82, 2.24) is 4.90 Å². The molecule has 9 heteroatoms. The highest BCUT2D eigenvalue weighted by Gasteiger charge is 2.20. The third-order valence-electron chi connectivity index (χ3n) is 2.37. The zero-order valence-corrected chi connectivity index (χ0v) is 10.3. The number of carboxylic acids is 1. The van der Waals surface area contributed by atoms with Gasteiger partial charge in [0.15, 0.2) is 0 Å². The molecule has 0 fully saturated rings. The second kappa shape index (κ2) is 6.57. The van der Waals surface area contributed by atoms with Crippen molar-refractivity contribution >= 4 is 17.6 Å². The number of nitrogens with zero attached hydrogens (tertiary/aromatic N) is 2. The molecule has 1 rings (SSSR count). The van der Waals surface area contributed by atoms with Gasteiger partial charge < -0.3 is 10.8 Å². The molecule has 0 spiro atoms. The Hall–Kier alpha value is -2.55. The number of nitro groups is 1. The Morgan fingerprint density at radius 2 is 2.05 bits per heavy atom. The van der Waals surface area contributed by atoms with Gasteiger partial charge in [-0.2, -0.15) is 0 Å². The summed E-state index contributed by atoms with van der Waals surface area (Å²) >= 11 is 0. The fraction of sp³-hybridized carbons (Fsp3) is 0.273. The van der Waals surface area contributed by atoms with Crippen LogP contribution in [0.2, 0.25) is 0 Å². The van der Waals surface area contributed by atoms with Crippen molar-refractivity contribution in [3.63, 3.8) is 0 Å². The van der Waals surface area contributed by atoms with Crippen LogP contribution in [0.3, 0.4) is 0 Å². The van der Waals surface area contributed by atoms with Crippen molar-refractivity contribution < 1.29 is 24.0 Å². The average Bonchev–Trinajstić information content (AvgIpc) is 2.26. The summed E-state index contributed by atoms with van der Waals surface area (Å²) in [4.78, 5) is 32.7. The summed E-state index contributed by atoms with van der Waals surface area (Å²) < 4.78 is 13.1. The molecule has 0 radical (unpaired) electrons. The molecule has 0 aliphatic carbocycles. The van der Waals surface area contributed by atoms with E-state index < -0.39 is 35.7 Å². The van der Waals surface area contributed by atoms with Crippen LogP contribution in [-0.2, 0) is 16.1 Å². The number of carboxylic acid groups (broad SMARTS) is 1. The van der Waals surface area contributed by atoms with Crippen molar-refractivity contribution in [3.8, 4) is 0 Å². The molecule has 1 aromatic rings. The zero-order chi connectivity index (χ0) is 15.3. The summed E-state index contributed by atoms with van der Waals surface area (Å²) in [5.74, 6) is -2.71. The molecule has 3 N–H and O–H groups in total. The highest BCUT2D eigenvalue weighted by molar-refractivity contribution is 5.77. The fourth-order valence-corrected chi connectivity index (χ4v) is 1.68. The number of nitro benzene ring substituents is 1. The second-order valence-electron chi connectivity index (χ2n) is 4.04. The second-order valence-corrected chi connectivity index (χ2v) is 4.04. The first-order valence-electron chi connectivity index (χ1n) is 5.45. The van der Waals surface area contributed by atoms with Gasteiger partial charge >= 0.3 is 5.97 Å². The van der Waals surface area contributed by atoms with Gasteiger partial charge in [-0.25, -0.2) is 4.39 Å². The summed E-state index contributed by atoms with van der Waals surface area (Å²) in [7, 11) is 0. The molecule has 8 nitrogen and oxygen atoms in total. The third-order valence-corrected chi connectivity index (χ3v) is 2.37. The molecule has 1 amide bonds. The Morgan fingerprint density at radius 3 is 2.55 bits per heavy atom. The number of hydrogen-bond acceptors (Lipinski definition) is 5. The lowest BCUT2D eigenvalue weighted by Gasteiger charge is -2.18. The highest BCUT2D eigenvalue weighted by Crippen LogP contribution is 2.21. The number of halogens is 1. The van der Waals surface area contributed by atoms with Crippen molar-refractivity contribution in [1.29, 1.82) is 0 Å². The number of nitrogens with two attached hydrogens (primary N) is 1. The first-order valence-corrected chi connectivity index (χ1v) is 5.45. The summed E-state index contributed by atoms with van der Waals surface area (Å²) in [5.41, 5.74) is 4.58. The number of rotatable bonds is 7. The van der Waals surface area contributed by atoms with E-state index in [9.17, 15) is 24.1 Å². The van der Waals surface area contributed by atoms with Crippen LogP contribution in [0.25, 0.3) is 0 Å². The van der Waals surface area contributed by atoms with Crippen LogP contribution in [0.5, 0.6) is 0 Å². The van der Waals surface area contributed by atoms with E-state index in [1.165, 1.54) is 0 Å².